The van der Waals surface area contributed by atoms with Crippen molar-refractivity contribution in [2.75, 3.05) is 12.4 Å². The van der Waals surface area contributed by atoms with Gasteiger partial charge in [0.1, 0.15) is 11.0 Å². The van der Waals surface area contributed by atoms with E-state index in [1.54, 1.807) is 24.3 Å². The highest BCUT2D eigenvalue weighted by atomic mass is 32.2. The maximum atomic E-state index is 12.1. The molecule has 3 N–H and O–H groups in total. The number of thioether (sulfide) groups is 1. The van der Waals surface area contributed by atoms with Crippen LogP contribution in [0, 0.1) is 0 Å². The monoisotopic (exact) mass is 279 g/mol. The fraction of sp³-hybridized carbons (Fsp3) is 0.250. The number of rotatable bonds is 3. The van der Waals surface area contributed by atoms with Crippen LogP contribution >= 0.6 is 11.8 Å². The summed E-state index contributed by atoms with van der Waals surface area (Å²) in [4.78, 5) is 26.9. The highest BCUT2D eigenvalue weighted by molar-refractivity contribution is 8.15. The first-order valence-electron chi connectivity index (χ1n) is 5.57. The molecule has 7 heteroatoms. The number of nitrogens with zero attached hydrogens (tertiary/aromatic N) is 1. The van der Waals surface area contributed by atoms with Gasteiger partial charge in [0.2, 0.25) is 11.8 Å². The van der Waals surface area contributed by atoms with Gasteiger partial charge in [-0.1, -0.05) is 23.9 Å². The molecule has 1 aromatic carbocycles. The number of amides is 2. The van der Waals surface area contributed by atoms with Crippen LogP contribution in [0.4, 0.5) is 5.69 Å². The molecule has 1 aromatic rings. The lowest BCUT2D eigenvalue weighted by molar-refractivity contribution is -0.121. The van der Waals surface area contributed by atoms with Crippen LogP contribution in [0.1, 0.15) is 6.42 Å². The lowest BCUT2D eigenvalue weighted by Gasteiger charge is -2.18. The average Bonchev–Trinajstić information content (AvgIpc) is 2.38. The Bertz CT molecular complexity index is 545. The molecule has 0 unspecified atom stereocenters. The molecule has 0 spiro atoms. The van der Waals surface area contributed by atoms with Crippen molar-refractivity contribution in [3.8, 4) is 5.75 Å². The second-order valence-corrected chi connectivity index (χ2v) is 5.07. The smallest absolute Gasteiger partial charge is 0.249 e. The summed E-state index contributed by atoms with van der Waals surface area (Å²) >= 11 is 1.08. The second kappa shape index (κ2) is 5.75. The fourth-order valence-corrected chi connectivity index (χ4v) is 2.49. The normalized spacial score (nSPS) is 18.7. The van der Waals surface area contributed by atoms with E-state index in [2.05, 4.69) is 10.3 Å². The van der Waals surface area contributed by atoms with Crippen LogP contribution in [0.3, 0.4) is 0 Å². The van der Waals surface area contributed by atoms with Crippen LogP contribution in [0.15, 0.2) is 29.3 Å². The summed E-state index contributed by atoms with van der Waals surface area (Å²) in [5.74, 6) is -0.109. The maximum Gasteiger partial charge on any atom is 0.249 e. The number of carbonyl (C=O) groups excluding carboxylic acids is 2. The van der Waals surface area contributed by atoms with Crippen LogP contribution in [-0.2, 0) is 9.59 Å². The number of anilines is 1. The molecule has 1 atom stereocenters. The molecule has 19 heavy (non-hydrogen) atoms. The van der Waals surface area contributed by atoms with Gasteiger partial charge in [-0.2, -0.15) is 4.99 Å². The van der Waals surface area contributed by atoms with Gasteiger partial charge in [-0.25, -0.2) is 0 Å². The Morgan fingerprint density at radius 3 is 2.95 bits per heavy atom. The zero-order chi connectivity index (χ0) is 13.8. The molecule has 2 rings (SSSR count). The van der Waals surface area contributed by atoms with E-state index in [0.29, 0.717) is 11.4 Å². The average molecular weight is 279 g/mol. The minimum Gasteiger partial charge on any atom is -0.495 e. The first-order valence-corrected chi connectivity index (χ1v) is 6.45. The van der Waals surface area contributed by atoms with E-state index < -0.39 is 5.25 Å². The standard InChI is InChI=1S/C12H13N3O3S/c1-18-8-5-3-2-4-7(8)14-11(17)9-6-10(16)15-12(13)19-9/h2-5,9H,6H2,1H3,(H,14,17)(H2,13,15,16)/t9-/m1/s1. The zero-order valence-electron chi connectivity index (χ0n) is 10.3. The number of amidine groups is 1. The summed E-state index contributed by atoms with van der Waals surface area (Å²) in [6.07, 6.45) is 0.0480. The van der Waals surface area contributed by atoms with E-state index in [1.165, 1.54) is 7.11 Å². The number of benzene rings is 1. The summed E-state index contributed by atoms with van der Waals surface area (Å²) < 4.78 is 5.14. The number of nitrogens with two attached hydrogens (primary N) is 1. The van der Waals surface area contributed by atoms with Crippen molar-refractivity contribution >= 4 is 34.4 Å². The van der Waals surface area contributed by atoms with E-state index >= 15 is 0 Å². The van der Waals surface area contributed by atoms with E-state index in [9.17, 15) is 9.59 Å². The van der Waals surface area contributed by atoms with Gasteiger partial charge in [-0.05, 0) is 12.1 Å². The Labute approximate surface area is 114 Å². The molecule has 0 fully saturated rings. The third-order valence-electron chi connectivity index (χ3n) is 2.52. The van der Waals surface area contributed by atoms with Crippen molar-refractivity contribution in [2.24, 2.45) is 10.7 Å². The molecule has 1 heterocycles. The van der Waals surface area contributed by atoms with Gasteiger partial charge in [-0.15, -0.1) is 0 Å². The fourth-order valence-electron chi connectivity index (χ4n) is 1.65. The van der Waals surface area contributed by atoms with E-state index in [4.69, 9.17) is 10.5 Å². The molecule has 2 amide bonds. The highest BCUT2D eigenvalue weighted by Crippen LogP contribution is 2.26. The third-order valence-corrected chi connectivity index (χ3v) is 3.51. The third kappa shape index (κ3) is 3.25. The Morgan fingerprint density at radius 1 is 1.53 bits per heavy atom. The molecule has 0 bridgehead atoms. The van der Waals surface area contributed by atoms with Crippen LogP contribution in [0.5, 0.6) is 5.75 Å². The molecule has 1 aliphatic heterocycles. The first kappa shape index (κ1) is 13.4. The van der Waals surface area contributed by atoms with Crippen LogP contribution in [0.25, 0.3) is 0 Å². The molecular weight excluding hydrogens is 266 g/mol. The summed E-state index contributed by atoms with van der Waals surface area (Å²) in [5, 5.41) is 2.29. The van der Waals surface area contributed by atoms with Gasteiger partial charge in [0.25, 0.3) is 0 Å². The predicted octanol–water partition coefficient (Wildman–Crippen LogP) is 0.980. The van der Waals surface area contributed by atoms with Gasteiger partial charge in [0.05, 0.1) is 19.2 Å². The minimum atomic E-state index is -0.560. The number of aliphatic imine (C=N–C) groups is 1. The Morgan fingerprint density at radius 2 is 2.26 bits per heavy atom. The second-order valence-electron chi connectivity index (χ2n) is 3.84. The van der Waals surface area contributed by atoms with E-state index in [-0.39, 0.29) is 23.4 Å². The number of hydrogen-bond acceptors (Lipinski definition) is 5. The maximum absolute atomic E-state index is 12.1. The molecular formula is C12H13N3O3S. The number of hydrogen-bond donors (Lipinski definition) is 2. The van der Waals surface area contributed by atoms with Crippen molar-refractivity contribution in [1.82, 2.24) is 0 Å². The van der Waals surface area contributed by atoms with Crippen LogP contribution in [0.2, 0.25) is 0 Å². The minimum absolute atomic E-state index is 0.0480. The van der Waals surface area contributed by atoms with Gasteiger partial charge in [-0.3, -0.25) is 9.59 Å². The van der Waals surface area contributed by atoms with Crippen molar-refractivity contribution in [3.63, 3.8) is 0 Å². The van der Waals surface area contributed by atoms with Crippen molar-refractivity contribution in [2.45, 2.75) is 11.7 Å². The molecule has 0 saturated heterocycles. The quantitative estimate of drug-likeness (QED) is 0.860. The lowest BCUT2D eigenvalue weighted by Crippen LogP contribution is -2.33. The largest absolute Gasteiger partial charge is 0.495 e. The Hall–Kier alpha value is -2.02. The molecule has 0 aromatic heterocycles. The number of carbonyl (C=O) groups is 2. The van der Waals surface area contributed by atoms with Crippen molar-refractivity contribution < 1.29 is 14.3 Å². The molecule has 100 valence electrons. The zero-order valence-corrected chi connectivity index (χ0v) is 11.1. The molecule has 0 aliphatic carbocycles. The first-order chi connectivity index (χ1) is 9.10. The number of ether oxygens (including phenoxy) is 1. The van der Waals surface area contributed by atoms with Crippen molar-refractivity contribution in [1.29, 1.82) is 0 Å². The highest BCUT2D eigenvalue weighted by Gasteiger charge is 2.28. The van der Waals surface area contributed by atoms with Gasteiger partial charge in [0.15, 0.2) is 5.17 Å². The number of para-hydroxylation sites is 2. The summed E-state index contributed by atoms with van der Waals surface area (Å²) in [6, 6.07) is 7.05. The number of methoxy groups -OCH3 is 1. The van der Waals surface area contributed by atoms with Gasteiger partial charge < -0.3 is 15.8 Å². The summed E-state index contributed by atoms with van der Waals surface area (Å²) in [5.41, 5.74) is 6.05. The summed E-state index contributed by atoms with van der Waals surface area (Å²) in [7, 11) is 1.52. The van der Waals surface area contributed by atoms with E-state index in [1.807, 2.05) is 0 Å². The molecule has 0 radical (unpaired) electrons. The predicted molar refractivity (Wildman–Crippen MR) is 74.2 cm³/mol. The molecule has 6 nitrogen and oxygen atoms in total. The molecule has 1 aliphatic rings. The van der Waals surface area contributed by atoms with Gasteiger partial charge in [0, 0.05) is 0 Å². The Balaban J connectivity index is 2.09. The van der Waals surface area contributed by atoms with E-state index in [0.717, 1.165) is 11.8 Å². The molecule has 0 saturated carbocycles. The van der Waals surface area contributed by atoms with Crippen LogP contribution in [-0.4, -0.2) is 29.3 Å². The summed E-state index contributed by atoms with van der Waals surface area (Å²) in [6.45, 7) is 0. The van der Waals surface area contributed by atoms with Crippen LogP contribution < -0.4 is 15.8 Å². The lowest BCUT2D eigenvalue weighted by atomic mass is 10.2. The topological polar surface area (TPSA) is 93.8 Å². The number of nitrogens with one attached hydrogen (secondary N) is 1. The SMILES string of the molecule is COc1ccccc1NC(=O)[C@H]1CC(=O)N=C(N)S1. The van der Waals surface area contributed by atoms with Crippen molar-refractivity contribution in [3.05, 3.63) is 24.3 Å². The Kier molecular flexibility index (Phi) is 4.06. The van der Waals surface area contributed by atoms with Gasteiger partial charge >= 0.3 is 0 Å².